The molecule has 7 heteroatoms. The van der Waals surface area contributed by atoms with E-state index in [0.717, 1.165) is 11.0 Å². The monoisotopic (exact) mass is 371 g/mol. The highest BCUT2D eigenvalue weighted by Gasteiger charge is 2.15. The maximum Gasteiger partial charge on any atom is 0.326 e. The van der Waals surface area contributed by atoms with Gasteiger partial charge >= 0.3 is 5.97 Å². The molecule has 1 amide bonds. The maximum atomic E-state index is 12.3. The lowest BCUT2D eigenvalue weighted by molar-refractivity contribution is -0.143. The molecule has 0 aliphatic carbocycles. The number of nitrogens with one attached hydrogen (secondary N) is 1. The molecule has 0 aliphatic rings. The van der Waals surface area contributed by atoms with Crippen LogP contribution in [0.4, 0.5) is 0 Å². The lowest BCUT2D eigenvalue weighted by atomic mass is 10.2. The fourth-order valence-electron chi connectivity index (χ4n) is 2.66. The largest absolute Gasteiger partial charge is 0.465 e. The second-order valence-electron chi connectivity index (χ2n) is 5.60. The molecule has 6 nitrogen and oxygen atoms in total. The van der Waals surface area contributed by atoms with Crippen LogP contribution >= 0.6 is 11.6 Å². The molecule has 0 bridgehead atoms. The number of hydrogen-bond acceptors (Lipinski definition) is 4. The molecular formula is C19H18ClN3O3. The molecule has 134 valence electrons. The minimum absolute atomic E-state index is 0.0384. The van der Waals surface area contributed by atoms with Gasteiger partial charge in [0.1, 0.15) is 12.4 Å². The molecule has 1 heterocycles. The molecule has 0 atom stereocenters. The predicted octanol–water partition coefficient (Wildman–Crippen LogP) is 3.18. The van der Waals surface area contributed by atoms with E-state index < -0.39 is 0 Å². The van der Waals surface area contributed by atoms with Crippen molar-refractivity contribution in [3.63, 3.8) is 0 Å². The van der Waals surface area contributed by atoms with Crippen LogP contribution in [0.3, 0.4) is 0 Å². The van der Waals surface area contributed by atoms with Crippen molar-refractivity contribution in [2.45, 2.75) is 20.0 Å². The van der Waals surface area contributed by atoms with Crippen LogP contribution < -0.4 is 5.32 Å². The van der Waals surface area contributed by atoms with Gasteiger partial charge in [0.05, 0.1) is 24.2 Å². The van der Waals surface area contributed by atoms with Gasteiger partial charge in [-0.3, -0.25) is 9.59 Å². The zero-order chi connectivity index (χ0) is 18.5. The van der Waals surface area contributed by atoms with Crippen molar-refractivity contribution in [1.82, 2.24) is 14.9 Å². The molecule has 0 saturated heterocycles. The number of amides is 1. The Balaban J connectivity index is 1.82. The van der Waals surface area contributed by atoms with Crippen LogP contribution in [0.1, 0.15) is 23.1 Å². The zero-order valence-electron chi connectivity index (χ0n) is 14.2. The van der Waals surface area contributed by atoms with Crippen molar-refractivity contribution in [1.29, 1.82) is 0 Å². The van der Waals surface area contributed by atoms with E-state index in [-0.39, 0.29) is 25.0 Å². The zero-order valence-corrected chi connectivity index (χ0v) is 15.0. The lowest BCUT2D eigenvalue weighted by Gasteiger charge is -2.10. The van der Waals surface area contributed by atoms with Crippen molar-refractivity contribution in [3.8, 4) is 0 Å². The van der Waals surface area contributed by atoms with Crippen LogP contribution in [0.5, 0.6) is 0 Å². The summed E-state index contributed by atoms with van der Waals surface area (Å²) in [6.45, 7) is 2.29. The summed E-state index contributed by atoms with van der Waals surface area (Å²) in [6.07, 6.45) is 0. The van der Waals surface area contributed by atoms with E-state index in [2.05, 4.69) is 10.3 Å². The highest BCUT2D eigenvalue weighted by atomic mass is 35.5. The summed E-state index contributed by atoms with van der Waals surface area (Å²) in [4.78, 5) is 28.8. The number of fused-ring (bicyclic) bond motifs is 1. The minimum atomic E-state index is -0.349. The smallest absolute Gasteiger partial charge is 0.326 e. The third kappa shape index (κ3) is 4.03. The summed E-state index contributed by atoms with van der Waals surface area (Å²) in [5.41, 5.74) is 2.03. The highest BCUT2D eigenvalue weighted by Crippen LogP contribution is 2.17. The number of carbonyl (C=O) groups excluding carboxylic acids is 2. The topological polar surface area (TPSA) is 73.2 Å². The minimum Gasteiger partial charge on any atom is -0.465 e. The van der Waals surface area contributed by atoms with Gasteiger partial charge in [-0.2, -0.15) is 0 Å². The average molecular weight is 372 g/mol. The summed E-state index contributed by atoms with van der Waals surface area (Å²) in [5, 5.41) is 3.31. The molecule has 1 N–H and O–H groups in total. The van der Waals surface area contributed by atoms with Gasteiger partial charge in [-0.05, 0) is 37.3 Å². The number of esters is 1. The standard InChI is InChI=1S/C19H18ClN3O3/c1-2-26-18(24)12-23-16-9-4-3-8-15(16)22-17(23)11-21-19(25)13-6-5-7-14(20)10-13/h3-10H,2,11-12H2,1H3,(H,21,25). The van der Waals surface area contributed by atoms with E-state index in [1.54, 1.807) is 35.8 Å². The van der Waals surface area contributed by atoms with Gasteiger partial charge in [0.2, 0.25) is 0 Å². The van der Waals surface area contributed by atoms with Gasteiger partial charge in [-0.1, -0.05) is 29.8 Å². The van der Waals surface area contributed by atoms with Gasteiger partial charge in [-0.15, -0.1) is 0 Å². The van der Waals surface area contributed by atoms with Crippen molar-refractivity contribution in [2.75, 3.05) is 6.61 Å². The number of aromatic nitrogens is 2. The number of hydrogen-bond donors (Lipinski definition) is 1. The summed E-state index contributed by atoms with van der Waals surface area (Å²) in [7, 11) is 0. The fourth-order valence-corrected chi connectivity index (χ4v) is 2.85. The molecule has 2 aromatic carbocycles. The molecular weight excluding hydrogens is 354 g/mol. The number of ether oxygens (including phenoxy) is 1. The third-order valence-electron chi connectivity index (χ3n) is 3.82. The normalized spacial score (nSPS) is 10.7. The van der Waals surface area contributed by atoms with E-state index in [0.29, 0.717) is 23.0 Å². The van der Waals surface area contributed by atoms with Crippen LogP contribution in [0, 0.1) is 0 Å². The predicted molar refractivity (Wildman–Crippen MR) is 99.0 cm³/mol. The number of benzene rings is 2. The lowest BCUT2D eigenvalue weighted by Crippen LogP contribution is -2.25. The Kier molecular flexibility index (Phi) is 5.53. The van der Waals surface area contributed by atoms with E-state index in [1.165, 1.54) is 0 Å². The Bertz CT molecular complexity index is 952. The summed E-state index contributed by atoms with van der Waals surface area (Å²) < 4.78 is 6.79. The first-order valence-electron chi connectivity index (χ1n) is 8.22. The van der Waals surface area contributed by atoms with Crippen LogP contribution in [0.15, 0.2) is 48.5 Å². The first kappa shape index (κ1) is 17.9. The molecule has 1 aromatic heterocycles. The van der Waals surface area contributed by atoms with Crippen LogP contribution in [-0.2, 0) is 22.6 Å². The van der Waals surface area contributed by atoms with E-state index >= 15 is 0 Å². The van der Waals surface area contributed by atoms with E-state index in [4.69, 9.17) is 16.3 Å². The first-order chi connectivity index (χ1) is 12.6. The van der Waals surface area contributed by atoms with E-state index in [1.807, 2.05) is 24.3 Å². The SMILES string of the molecule is CCOC(=O)Cn1c(CNC(=O)c2cccc(Cl)c2)nc2ccccc21. The summed E-state index contributed by atoms with van der Waals surface area (Å²) in [6, 6.07) is 14.2. The van der Waals surface area contributed by atoms with Crippen LogP contribution in [0.25, 0.3) is 11.0 Å². The number of carbonyl (C=O) groups is 2. The number of rotatable bonds is 6. The molecule has 3 rings (SSSR count). The molecule has 0 aliphatic heterocycles. The molecule has 0 spiro atoms. The second-order valence-corrected chi connectivity index (χ2v) is 6.04. The third-order valence-corrected chi connectivity index (χ3v) is 4.06. The molecule has 0 fully saturated rings. The number of halogens is 1. The van der Waals surface area contributed by atoms with Gasteiger partial charge < -0.3 is 14.6 Å². The Morgan fingerprint density at radius 2 is 2.00 bits per heavy atom. The molecule has 0 unspecified atom stereocenters. The van der Waals surface area contributed by atoms with Crippen LogP contribution in [0.2, 0.25) is 5.02 Å². The Hall–Kier alpha value is -2.86. The molecule has 3 aromatic rings. The maximum absolute atomic E-state index is 12.3. The van der Waals surface area contributed by atoms with Crippen molar-refractivity contribution >= 4 is 34.5 Å². The molecule has 0 radical (unpaired) electrons. The first-order valence-corrected chi connectivity index (χ1v) is 8.60. The molecule has 0 saturated carbocycles. The molecule has 26 heavy (non-hydrogen) atoms. The second kappa shape index (κ2) is 8.01. The quantitative estimate of drug-likeness (QED) is 0.675. The Labute approximate surface area is 155 Å². The summed E-state index contributed by atoms with van der Waals surface area (Å²) in [5.74, 6) is -0.0325. The summed E-state index contributed by atoms with van der Waals surface area (Å²) >= 11 is 5.92. The van der Waals surface area contributed by atoms with Gasteiger partial charge in [-0.25, -0.2) is 4.98 Å². The van der Waals surface area contributed by atoms with Crippen molar-refractivity contribution in [3.05, 3.63) is 64.9 Å². The van der Waals surface area contributed by atoms with Crippen LogP contribution in [-0.4, -0.2) is 28.0 Å². The fraction of sp³-hybridized carbons (Fsp3) is 0.211. The Morgan fingerprint density at radius 1 is 1.19 bits per heavy atom. The van der Waals surface area contributed by atoms with Gasteiger partial charge in [0.15, 0.2) is 0 Å². The van der Waals surface area contributed by atoms with Crippen molar-refractivity contribution in [2.24, 2.45) is 0 Å². The Morgan fingerprint density at radius 3 is 2.77 bits per heavy atom. The van der Waals surface area contributed by atoms with Gasteiger partial charge in [0.25, 0.3) is 5.91 Å². The number of imidazole rings is 1. The average Bonchev–Trinajstić information content (AvgIpc) is 2.97. The van der Waals surface area contributed by atoms with Crippen molar-refractivity contribution < 1.29 is 14.3 Å². The number of para-hydroxylation sites is 2. The van der Waals surface area contributed by atoms with E-state index in [9.17, 15) is 9.59 Å². The highest BCUT2D eigenvalue weighted by molar-refractivity contribution is 6.30. The van der Waals surface area contributed by atoms with Gasteiger partial charge in [0, 0.05) is 10.6 Å². The number of nitrogens with zero attached hydrogens (tertiary/aromatic N) is 2.